The van der Waals surface area contributed by atoms with Crippen LogP contribution in [0.2, 0.25) is 0 Å². The molecule has 3 aliphatic carbocycles. The van der Waals surface area contributed by atoms with Crippen molar-refractivity contribution in [3.05, 3.63) is 179 Å². The molecule has 0 saturated heterocycles. The first-order chi connectivity index (χ1) is 23.3. The maximum atomic E-state index is 4.83. The Kier molecular flexibility index (Phi) is 4.28. The maximum Gasteiger partial charge on any atom is 0.0708 e. The molecule has 9 aromatic rings. The van der Waals surface area contributed by atoms with E-state index in [9.17, 15) is 0 Å². The highest BCUT2D eigenvalue weighted by Crippen LogP contribution is 2.75. The Labute approximate surface area is 274 Å². The smallest absolute Gasteiger partial charge is 0.0708 e. The number of pyridine rings is 2. The van der Waals surface area contributed by atoms with E-state index in [2.05, 4.69) is 121 Å². The highest BCUT2D eigenvalue weighted by Gasteiger charge is 2.68. The standard InChI is InChI=1S/C44H24N2S/c1-3-23-45-35(15-1)25-19-21-33-39-27(25)9-5-11-29(39)43-30-12-6-10-28-26(36-16-2-4-24-46-36)20-22-34(40(28)30)44(33,43)32-14-8-18-38-42(32)41-31(43)13-7-17-37(41)47-38/h1-24H. The Balaban J connectivity index is 1.35. The van der Waals surface area contributed by atoms with Gasteiger partial charge in [0.25, 0.3) is 0 Å². The molecule has 0 unspecified atom stereocenters. The third-order valence-corrected chi connectivity index (χ3v) is 12.6. The summed E-state index contributed by atoms with van der Waals surface area (Å²) in [4.78, 5) is 9.65. The topological polar surface area (TPSA) is 25.8 Å². The maximum absolute atomic E-state index is 4.83. The molecule has 216 valence electrons. The molecule has 6 aromatic carbocycles. The van der Waals surface area contributed by atoms with Crippen LogP contribution >= 0.6 is 11.3 Å². The van der Waals surface area contributed by atoms with Crippen LogP contribution in [0.5, 0.6) is 0 Å². The zero-order valence-electron chi connectivity index (χ0n) is 25.2. The number of thiophene rings is 1. The fraction of sp³-hybridized carbons (Fsp3) is 0.0455. The normalized spacial score (nSPS) is 19.7. The minimum Gasteiger partial charge on any atom is -0.256 e. The van der Waals surface area contributed by atoms with Gasteiger partial charge in [-0.3, -0.25) is 9.97 Å². The van der Waals surface area contributed by atoms with Crippen LogP contribution in [0.1, 0.15) is 33.4 Å². The number of hydrogen-bond donors (Lipinski definition) is 0. The lowest BCUT2D eigenvalue weighted by molar-refractivity contribution is 0.469. The van der Waals surface area contributed by atoms with Crippen molar-refractivity contribution in [2.24, 2.45) is 0 Å². The van der Waals surface area contributed by atoms with Crippen LogP contribution in [-0.4, -0.2) is 9.97 Å². The first-order valence-corrected chi connectivity index (χ1v) is 17.1. The molecule has 0 atom stereocenters. The third kappa shape index (κ3) is 2.53. The first kappa shape index (κ1) is 24.6. The van der Waals surface area contributed by atoms with E-state index in [1.54, 1.807) is 0 Å². The number of hydrogen-bond acceptors (Lipinski definition) is 3. The van der Waals surface area contributed by atoms with E-state index in [0.29, 0.717) is 0 Å². The molecule has 0 aliphatic heterocycles. The monoisotopic (exact) mass is 612 g/mol. The van der Waals surface area contributed by atoms with E-state index in [-0.39, 0.29) is 0 Å². The van der Waals surface area contributed by atoms with Gasteiger partial charge in [-0.05, 0) is 91.3 Å². The van der Waals surface area contributed by atoms with Gasteiger partial charge in [-0.2, -0.15) is 0 Å². The second-order valence-corrected chi connectivity index (χ2v) is 14.3. The van der Waals surface area contributed by atoms with Crippen LogP contribution in [0.25, 0.3) is 64.2 Å². The predicted octanol–water partition coefficient (Wildman–Crippen LogP) is 10.8. The van der Waals surface area contributed by atoms with Crippen molar-refractivity contribution in [1.82, 2.24) is 9.97 Å². The largest absolute Gasteiger partial charge is 0.256 e. The summed E-state index contributed by atoms with van der Waals surface area (Å²) < 4.78 is 2.73. The molecule has 0 amide bonds. The van der Waals surface area contributed by atoms with Gasteiger partial charge in [-0.15, -0.1) is 11.3 Å². The Morgan fingerprint density at radius 3 is 1.23 bits per heavy atom. The molecule has 0 fully saturated rings. The Morgan fingerprint density at radius 2 is 0.787 bits per heavy atom. The van der Waals surface area contributed by atoms with E-state index >= 15 is 0 Å². The molecule has 0 saturated carbocycles. The van der Waals surface area contributed by atoms with Gasteiger partial charge in [0.15, 0.2) is 0 Å². The highest BCUT2D eigenvalue weighted by molar-refractivity contribution is 7.25. The van der Waals surface area contributed by atoms with E-state index in [1.807, 2.05) is 35.9 Å². The molecule has 12 rings (SSSR count). The Bertz CT molecular complexity index is 2630. The van der Waals surface area contributed by atoms with Crippen molar-refractivity contribution < 1.29 is 0 Å². The lowest BCUT2D eigenvalue weighted by Crippen LogP contribution is -2.47. The molecule has 0 spiro atoms. The molecule has 3 aliphatic rings. The molecular weight excluding hydrogens is 589 g/mol. The van der Waals surface area contributed by atoms with Gasteiger partial charge in [0, 0.05) is 43.7 Å². The summed E-state index contributed by atoms with van der Waals surface area (Å²) in [5, 5.41) is 8.13. The van der Waals surface area contributed by atoms with Crippen LogP contribution in [-0.2, 0) is 10.8 Å². The molecule has 3 heteroatoms. The van der Waals surface area contributed by atoms with Crippen molar-refractivity contribution >= 4 is 53.1 Å². The van der Waals surface area contributed by atoms with E-state index in [0.717, 1.165) is 11.4 Å². The van der Waals surface area contributed by atoms with Crippen molar-refractivity contribution in [3.63, 3.8) is 0 Å². The minimum atomic E-state index is -0.440. The number of rotatable bonds is 2. The van der Waals surface area contributed by atoms with Gasteiger partial charge in [-0.25, -0.2) is 0 Å². The Morgan fingerprint density at radius 1 is 0.362 bits per heavy atom. The molecular formula is C44H24N2S. The first-order valence-electron chi connectivity index (χ1n) is 16.2. The molecule has 3 aromatic heterocycles. The van der Waals surface area contributed by atoms with Crippen LogP contribution in [0.15, 0.2) is 146 Å². The second-order valence-electron chi connectivity index (χ2n) is 13.2. The lowest BCUT2D eigenvalue weighted by Gasteiger charge is -2.48. The number of nitrogens with zero attached hydrogens (tertiary/aromatic N) is 2. The fourth-order valence-corrected chi connectivity index (χ4v) is 11.3. The van der Waals surface area contributed by atoms with Crippen molar-refractivity contribution in [2.45, 2.75) is 10.8 Å². The summed E-state index contributed by atoms with van der Waals surface area (Å²) in [6, 6.07) is 50.2. The average Bonchev–Trinajstić information content (AvgIpc) is 3.75. The zero-order chi connectivity index (χ0) is 30.5. The average molecular weight is 613 g/mol. The van der Waals surface area contributed by atoms with Gasteiger partial charge in [0.1, 0.15) is 0 Å². The molecule has 47 heavy (non-hydrogen) atoms. The number of aromatic nitrogens is 2. The summed E-state index contributed by atoms with van der Waals surface area (Å²) in [5.41, 5.74) is 11.9. The van der Waals surface area contributed by atoms with Gasteiger partial charge in [0.2, 0.25) is 0 Å². The van der Waals surface area contributed by atoms with Crippen LogP contribution in [0.3, 0.4) is 0 Å². The molecule has 2 nitrogen and oxygen atoms in total. The molecule has 0 bridgehead atoms. The molecule has 0 radical (unpaired) electrons. The van der Waals surface area contributed by atoms with Gasteiger partial charge in [0.05, 0.1) is 22.2 Å². The van der Waals surface area contributed by atoms with Gasteiger partial charge >= 0.3 is 0 Å². The summed E-state index contributed by atoms with van der Waals surface area (Å²) in [6.45, 7) is 0. The third-order valence-electron chi connectivity index (χ3n) is 11.5. The minimum absolute atomic E-state index is 0.440. The fourth-order valence-electron chi connectivity index (χ4n) is 10.1. The lowest BCUT2D eigenvalue weighted by atomic mass is 9.51. The van der Waals surface area contributed by atoms with E-state index in [1.165, 1.54) is 86.2 Å². The van der Waals surface area contributed by atoms with E-state index < -0.39 is 10.8 Å². The SMILES string of the molecule is c1ccc(-c2ccc3c4c(cccc24)C24c5cccc6c(-c7ccccn7)ccc(c56)C32c2cccc3sc5cccc4c5c23)nc1. The summed E-state index contributed by atoms with van der Waals surface area (Å²) in [6.07, 6.45) is 3.81. The zero-order valence-corrected chi connectivity index (χ0v) is 26.0. The van der Waals surface area contributed by atoms with Crippen LogP contribution in [0.4, 0.5) is 0 Å². The Hall–Kier alpha value is -5.64. The quantitative estimate of drug-likeness (QED) is 0.194. The molecule has 0 N–H and O–H groups in total. The predicted molar refractivity (Wildman–Crippen MR) is 193 cm³/mol. The van der Waals surface area contributed by atoms with E-state index in [4.69, 9.17) is 9.97 Å². The summed E-state index contributed by atoms with van der Waals surface area (Å²) in [7, 11) is 0. The van der Waals surface area contributed by atoms with Crippen LogP contribution in [0, 0.1) is 0 Å². The van der Waals surface area contributed by atoms with Gasteiger partial charge < -0.3 is 0 Å². The van der Waals surface area contributed by atoms with Gasteiger partial charge in [-0.1, -0.05) is 97.1 Å². The summed E-state index contributed by atoms with van der Waals surface area (Å²) >= 11 is 1.93. The van der Waals surface area contributed by atoms with Crippen molar-refractivity contribution in [2.75, 3.05) is 0 Å². The highest BCUT2D eigenvalue weighted by atomic mass is 32.1. The summed E-state index contributed by atoms with van der Waals surface area (Å²) in [5.74, 6) is 0. The second kappa shape index (κ2) is 8.19. The van der Waals surface area contributed by atoms with Crippen LogP contribution < -0.4 is 0 Å². The number of benzene rings is 6. The van der Waals surface area contributed by atoms with Crippen molar-refractivity contribution in [1.29, 1.82) is 0 Å². The molecule has 3 heterocycles. The van der Waals surface area contributed by atoms with Crippen molar-refractivity contribution in [3.8, 4) is 22.5 Å².